The van der Waals surface area contributed by atoms with Crippen molar-refractivity contribution >= 4 is 27.4 Å². The molecule has 0 aromatic carbocycles. The standard InChI is InChI=1S/C15H19BrN4O2/c1-10-7-14(19-22-10)11(2)18-12-8-13(16)15(17-9-12)20-3-5-21-6-4-20/h7-9,11,18H,3-6H2,1-2H3. The van der Waals surface area contributed by atoms with E-state index in [1.54, 1.807) is 0 Å². The lowest BCUT2D eigenvalue weighted by molar-refractivity contribution is 0.122. The number of nitrogens with one attached hydrogen (secondary N) is 1. The van der Waals surface area contributed by atoms with Gasteiger partial charge in [0.05, 0.1) is 35.6 Å². The smallest absolute Gasteiger partial charge is 0.143 e. The van der Waals surface area contributed by atoms with Gasteiger partial charge in [-0.1, -0.05) is 5.16 Å². The van der Waals surface area contributed by atoms with E-state index in [0.29, 0.717) is 0 Å². The van der Waals surface area contributed by atoms with Gasteiger partial charge in [-0.25, -0.2) is 4.98 Å². The summed E-state index contributed by atoms with van der Waals surface area (Å²) in [5.41, 5.74) is 1.82. The van der Waals surface area contributed by atoms with Gasteiger partial charge < -0.3 is 19.5 Å². The maximum absolute atomic E-state index is 5.38. The number of aryl methyl sites for hydroxylation is 1. The molecule has 1 N–H and O–H groups in total. The summed E-state index contributed by atoms with van der Waals surface area (Å²) < 4.78 is 11.5. The number of aromatic nitrogens is 2. The van der Waals surface area contributed by atoms with Gasteiger partial charge in [0.1, 0.15) is 17.3 Å². The third-order valence-electron chi connectivity index (χ3n) is 3.61. The van der Waals surface area contributed by atoms with Gasteiger partial charge in [0.15, 0.2) is 0 Å². The molecule has 0 amide bonds. The van der Waals surface area contributed by atoms with E-state index < -0.39 is 0 Å². The molecular weight excluding hydrogens is 348 g/mol. The lowest BCUT2D eigenvalue weighted by Crippen LogP contribution is -2.37. The maximum Gasteiger partial charge on any atom is 0.143 e. The van der Waals surface area contributed by atoms with Crippen molar-refractivity contribution < 1.29 is 9.26 Å². The first-order valence-corrected chi connectivity index (χ1v) is 8.11. The van der Waals surface area contributed by atoms with Gasteiger partial charge in [-0.05, 0) is 35.8 Å². The molecule has 118 valence electrons. The largest absolute Gasteiger partial charge is 0.378 e. The van der Waals surface area contributed by atoms with Gasteiger partial charge in [0, 0.05) is 19.2 Å². The van der Waals surface area contributed by atoms with Crippen molar-refractivity contribution in [2.24, 2.45) is 0 Å². The Labute approximate surface area is 138 Å². The fourth-order valence-corrected chi connectivity index (χ4v) is 3.03. The van der Waals surface area contributed by atoms with Gasteiger partial charge in [0.25, 0.3) is 0 Å². The topological polar surface area (TPSA) is 63.4 Å². The number of pyridine rings is 1. The Bertz CT molecular complexity index is 640. The van der Waals surface area contributed by atoms with Crippen LogP contribution in [0.15, 0.2) is 27.3 Å². The second kappa shape index (κ2) is 6.66. The molecule has 0 bridgehead atoms. The first-order valence-electron chi connectivity index (χ1n) is 7.31. The summed E-state index contributed by atoms with van der Waals surface area (Å²) in [6.45, 7) is 7.16. The molecule has 1 aliphatic heterocycles. The van der Waals surface area contributed by atoms with Crippen LogP contribution in [-0.4, -0.2) is 36.4 Å². The van der Waals surface area contributed by atoms with E-state index in [1.807, 2.05) is 32.2 Å². The molecule has 7 heteroatoms. The van der Waals surface area contributed by atoms with Crippen LogP contribution in [0.5, 0.6) is 0 Å². The van der Waals surface area contributed by atoms with Crippen LogP contribution in [0.4, 0.5) is 11.5 Å². The van der Waals surface area contributed by atoms with Gasteiger partial charge in [-0.2, -0.15) is 0 Å². The summed E-state index contributed by atoms with van der Waals surface area (Å²) in [7, 11) is 0. The van der Waals surface area contributed by atoms with Crippen molar-refractivity contribution in [2.75, 3.05) is 36.5 Å². The Morgan fingerprint density at radius 1 is 1.32 bits per heavy atom. The second-order valence-corrected chi connectivity index (χ2v) is 6.21. The monoisotopic (exact) mass is 366 g/mol. The number of hydrogen-bond donors (Lipinski definition) is 1. The van der Waals surface area contributed by atoms with Crippen molar-refractivity contribution in [1.82, 2.24) is 10.1 Å². The Hall–Kier alpha value is -1.60. The minimum Gasteiger partial charge on any atom is -0.378 e. The molecule has 0 saturated carbocycles. The van der Waals surface area contributed by atoms with Gasteiger partial charge in [0.2, 0.25) is 0 Å². The molecule has 1 aliphatic rings. The number of rotatable bonds is 4. The zero-order chi connectivity index (χ0) is 15.5. The summed E-state index contributed by atoms with van der Waals surface area (Å²) >= 11 is 3.61. The highest BCUT2D eigenvalue weighted by Gasteiger charge is 2.16. The fourth-order valence-electron chi connectivity index (χ4n) is 2.43. The van der Waals surface area contributed by atoms with Gasteiger partial charge >= 0.3 is 0 Å². The van der Waals surface area contributed by atoms with Crippen LogP contribution in [0.2, 0.25) is 0 Å². The van der Waals surface area contributed by atoms with Crippen LogP contribution < -0.4 is 10.2 Å². The average Bonchev–Trinajstić information content (AvgIpc) is 2.95. The first-order chi connectivity index (χ1) is 10.6. The van der Waals surface area contributed by atoms with E-state index in [2.05, 4.69) is 36.3 Å². The lowest BCUT2D eigenvalue weighted by Gasteiger charge is -2.28. The highest BCUT2D eigenvalue weighted by Crippen LogP contribution is 2.28. The molecule has 1 unspecified atom stereocenters. The van der Waals surface area contributed by atoms with Crippen molar-refractivity contribution in [1.29, 1.82) is 0 Å². The normalized spacial score (nSPS) is 16.6. The van der Waals surface area contributed by atoms with E-state index in [0.717, 1.165) is 53.7 Å². The number of morpholine rings is 1. The minimum atomic E-state index is 0.0559. The van der Waals surface area contributed by atoms with E-state index in [9.17, 15) is 0 Å². The maximum atomic E-state index is 5.38. The van der Waals surface area contributed by atoms with Crippen LogP contribution in [-0.2, 0) is 4.74 Å². The van der Waals surface area contributed by atoms with Crippen molar-refractivity contribution in [3.8, 4) is 0 Å². The average molecular weight is 367 g/mol. The molecule has 0 aliphatic carbocycles. The third kappa shape index (κ3) is 3.41. The number of anilines is 2. The molecule has 22 heavy (non-hydrogen) atoms. The summed E-state index contributed by atoms with van der Waals surface area (Å²) in [4.78, 5) is 6.79. The summed E-state index contributed by atoms with van der Waals surface area (Å²) in [5.74, 6) is 1.77. The highest BCUT2D eigenvalue weighted by atomic mass is 79.9. The lowest BCUT2D eigenvalue weighted by atomic mass is 10.2. The van der Waals surface area contributed by atoms with Crippen LogP contribution in [0, 0.1) is 6.92 Å². The van der Waals surface area contributed by atoms with Crippen LogP contribution >= 0.6 is 15.9 Å². The summed E-state index contributed by atoms with van der Waals surface area (Å²) in [6, 6.07) is 4.03. The predicted octanol–water partition coefficient (Wildman–Crippen LogP) is 3.15. The number of halogens is 1. The molecule has 0 spiro atoms. The van der Waals surface area contributed by atoms with Crippen molar-refractivity contribution in [3.63, 3.8) is 0 Å². The molecule has 1 atom stereocenters. The minimum absolute atomic E-state index is 0.0559. The fraction of sp³-hybridized carbons (Fsp3) is 0.467. The zero-order valence-corrected chi connectivity index (χ0v) is 14.3. The second-order valence-electron chi connectivity index (χ2n) is 5.36. The van der Waals surface area contributed by atoms with E-state index >= 15 is 0 Å². The van der Waals surface area contributed by atoms with Gasteiger partial charge in [-0.15, -0.1) is 0 Å². The third-order valence-corrected chi connectivity index (χ3v) is 4.19. The van der Waals surface area contributed by atoms with E-state index in [4.69, 9.17) is 9.26 Å². The molecule has 3 rings (SSSR count). The number of hydrogen-bond acceptors (Lipinski definition) is 6. The Kier molecular flexibility index (Phi) is 4.63. The van der Waals surface area contributed by atoms with E-state index in [-0.39, 0.29) is 6.04 Å². The molecule has 2 aromatic rings. The number of ether oxygens (including phenoxy) is 1. The summed E-state index contributed by atoms with van der Waals surface area (Å²) in [6.07, 6.45) is 1.85. The molecule has 3 heterocycles. The van der Waals surface area contributed by atoms with Crippen LogP contribution in [0.25, 0.3) is 0 Å². The van der Waals surface area contributed by atoms with Crippen LogP contribution in [0.1, 0.15) is 24.4 Å². The van der Waals surface area contributed by atoms with Crippen molar-refractivity contribution in [3.05, 3.63) is 34.3 Å². The molecule has 6 nitrogen and oxygen atoms in total. The molecule has 1 fully saturated rings. The Balaban J connectivity index is 1.71. The Morgan fingerprint density at radius 2 is 2.09 bits per heavy atom. The SMILES string of the molecule is Cc1cc(C(C)Nc2cnc(N3CCOCC3)c(Br)c2)no1. The predicted molar refractivity (Wildman–Crippen MR) is 88.2 cm³/mol. The van der Waals surface area contributed by atoms with E-state index in [1.165, 1.54) is 0 Å². The number of nitrogens with zero attached hydrogens (tertiary/aromatic N) is 3. The molecule has 1 saturated heterocycles. The summed E-state index contributed by atoms with van der Waals surface area (Å²) in [5, 5.41) is 7.42. The zero-order valence-electron chi connectivity index (χ0n) is 12.7. The highest BCUT2D eigenvalue weighted by molar-refractivity contribution is 9.10. The van der Waals surface area contributed by atoms with Gasteiger partial charge in [-0.3, -0.25) is 0 Å². The molecule has 0 radical (unpaired) electrons. The van der Waals surface area contributed by atoms with Crippen LogP contribution in [0.3, 0.4) is 0 Å². The molecular formula is C15H19BrN4O2. The first kappa shape index (κ1) is 15.3. The van der Waals surface area contributed by atoms with Crippen molar-refractivity contribution in [2.45, 2.75) is 19.9 Å². The Morgan fingerprint density at radius 3 is 2.73 bits per heavy atom. The quantitative estimate of drug-likeness (QED) is 0.896. The molecule has 2 aromatic heterocycles.